The summed E-state index contributed by atoms with van der Waals surface area (Å²) < 4.78 is 0. The number of hydrogen-bond acceptors (Lipinski definition) is 2. The number of para-hydroxylation sites is 3. The molecule has 0 fully saturated rings. The monoisotopic (exact) mass is 890 g/mol. The standard InChI is InChI=1S/C68H46N2/c1-4-20-49(21-5-1)69(50-22-6-2-7-23-50)52-40-36-47(37-41-52)48-38-42-53(43-39-48)70(51-24-8-3-9-25-51)54-44-45-65-66(46-54)68(61-32-16-12-28-57(61)58-29-13-17-33-62(58)68)64-35-19-18-34-63(64)67(65)59-30-14-10-26-55(59)56-27-11-15-31-60(56)67/h1-46H. The van der Waals surface area contributed by atoms with Gasteiger partial charge in [0.1, 0.15) is 0 Å². The molecule has 0 radical (unpaired) electrons. The molecule has 0 N–H and O–H groups in total. The Labute approximate surface area is 409 Å². The van der Waals surface area contributed by atoms with E-state index in [1.54, 1.807) is 0 Å². The van der Waals surface area contributed by atoms with Gasteiger partial charge in [-0.3, -0.25) is 0 Å². The average Bonchev–Trinajstić information content (AvgIpc) is 3.90. The van der Waals surface area contributed by atoms with Gasteiger partial charge in [-0.05, 0) is 151 Å². The van der Waals surface area contributed by atoms with Gasteiger partial charge in [-0.25, -0.2) is 0 Å². The molecule has 0 amide bonds. The van der Waals surface area contributed by atoms with Crippen molar-refractivity contribution in [1.29, 1.82) is 0 Å². The van der Waals surface area contributed by atoms with Crippen molar-refractivity contribution in [3.8, 4) is 33.4 Å². The van der Waals surface area contributed by atoms with Crippen molar-refractivity contribution in [3.63, 3.8) is 0 Å². The Kier molecular flexibility index (Phi) is 9.06. The SMILES string of the molecule is c1ccc(N(c2ccccc2)c2ccc(-c3ccc(N(c4ccccc4)c4ccc5c(c4)C4(c6ccccc6-c6ccccc64)c4ccccc4C54c5ccccc5-c5ccccc54)cc3)cc2)cc1. The highest BCUT2D eigenvalue weighted by molar-refractivity contribution is 5.95. The highest BCUT2D eigenvalue weighted by Crippen LogP contribution is 2.67. The van der Waals surface area contributed by atoms with Crippen molar-refractivity contribution >= 4 is 34.1 Å². The van der Waals surface area contributed by atoms with Crippen LogP contribution in [0.1, 0.15) is 44.5 Å². The molecule has 2 spiro atoms. The Morgan fingerprint density at radius 2 is 0.443 bits per heavy atom. The van der Waals surface area contributed by atoms with E-state index < -0.39 is 10.8 Å². The molecule has 0 aromatic heterocycles. The highest BCUT2D eigenvalue weighted by atomic mass is 15.1. The third-order valence-electron chi connectivity index (χ3n) is 15.3. The van der Waals surface area contributed by atoms with Gasteiger partial charge in [0.25, 0.3) is 0 Å². The van der Waals surface area contributed by atoms with Crippen molar-refractivity contribution < 1.29 is 0 Å². The second kappa shape index (κ2) is 15.8. The zero-order valence-electron chi connectivity index (χ0n) is 38.5. The van der Waals surface area contributed by atoms with E-state index in [-0.39, 0.29) is 0 Å². The molecule has 3 aliphatic carbocycles. The van der Waals surface area contributed by atoms with Gasteiger partial charge < -0.3 is 9.80 Å². The van der Waals surface area contributed by atoms with E-state index >= 15 is 0 Å². The third kappa shape index (κ3) is 5.68. The molecule has 11 aromatic carbocycles. The lowest BCUT2D eigenvalue weighted by atomic mass is 9.52. The van der Waals surface area contributed by atoms with E-state index in [0.29, 0.717) is 0 Å². The lowest BCUT2D eigenvalue weighted by Gasteiger charge is -2.49. The molecule has 0 aliphatic heterocycles. The minimum atomic E-state index is -0.582. The van der Waals surface area contributed by atoms with Crippen LogP contribution in [0.4, 0.5) is 34.1 Å². The smallest absolute Gasteiger partial charge is 0.0720 e. The number of nitrogens with zero attached hydrogens (tertiary/aromatic N) is 2. The van der Waals surface area contributed by atoms with Gasteiger partial charge in [0, 0.05) is 34.1 Å². The minimum Gasteiger partial charge on any atom is -0.311 e. The number of fused-ring (bicyclic) bond motifs is 16. The van der Waals surface area contributed by atoms with Crippen LogP contribution in [0.25, 0.3) is 33.4 Å². The molecule has 328 valence electrons. The highest BCUT2D eigenvalue weighted by Gasteiger charge is 2.59. The summed E-state index contributed by atoms with van der Waals surface area (Å²) in [6.07, 6.45) is 0. The normalized spacial score (nSPS) is 13.7. The van der Waals surface area contributed by atoms with Crippen molar-refractivity contribution in [2.24, 2.45) is 0 Å². The Balaban J connectivity index is 0.958. The van der Waals surface area contributed by atoms with Crippen LogP contribution < -0.4 is 9.80 Å². The fourth-order valence-electron chi connectivity index (χ4n) is 12.6. The molecule has 3 aliphatic rings. The first kappa shape index (κ1) is 40.1. The number of rotatable bonds is 7. The van der Waals surface area contributed by atoms with Gasteiger partial charge in [0.2, 0.25) is 0 Å². The van der Waals surface area contributed by atoms with E-state index in [1.165, 1.54) is 66.8 Å². The van der Waals surface area contributed by atoms with Crippen molar-refractivity contribution in [3.05, 3.63) is 324 Å². The molecular weight excluding hydrogens is 845 g/mol. The Bertz CT molecular complexity index is 3630. The number of anilines is 6. The summed E-state index contributed by atoms with van der Waals surface area (Å²) >= 11 is 0. The zero-order valence-corrected chi connectivity index (χ0v) is 38.5. The summed E-state index contributed by atoms with van der Waals surface area (Å²) in [5.74, 6) is 0. The molecule has 0 bridgehead atoms. The first-order chi connectivity index (χ1) is 34.7. The second-order valence-corrected chi connectivity index (χ2v) is 18.7. The van der Waals surface area contributed by atoms with E-state index in [0.717, 1.165) is 45.3 Å². The summed E-state index contributed by atoms with van der Waals surface area (Å²) in [4.78, 5) is 4.75. The largest absolute Gasteiger partial charge is 0.311 e. The van der Waals surface area contributed by atoms with E-state index in [4.69, 9.17) is 0 Å². The topological polar surface area (TPSA) is 6.48 Å². The maximum atomic E-state index is 2.54. The van der Waals surface area contributed by atoms with Gasteiger partial charge in [-0.2, -0.15) is 0 Å². The lowest BCUT2D eigenvalue weighted by molar-refractivity contribution is 0.633. The summed E-state index contributed by atoms with van der Waals surface area (Å²) in [6, 6.07) is 103. The molecule has 14 rings (SSSR count). The summed E-state index contributed by atoms with van der Waals surface area (Å²) in [6.45, 7) is 0. The maximum absolute atomic E-state index is 2.54. The zero-order chi connectivity index (χ0) is 46.2. The van der Waals surface area contributed by atoms with Crippen LogP contribution in [0.15, 0.2) is 279 Å². The number of hydrogen-bond donors (Lipinski definition) is 0. The molecule has 0 atom stereocenters. The average molecular weight is 891 g/mol. The fourth-order valence-corrected chi connectivity index (χ4v) is 12.6. The van der Waals surface area contributed by atoms with Crippen LogP contribution in [-0.2, 0) is 10.8 Å². The van der Waals surface area contributed by atoms with Crippen molar-refractivity contribution in [1.82, 2.24) is 0 Å². The first-order valence-electron chi connectivity index (χ1n) is 24.3. The van der Waals surface area contributed by atoms with Crippen molar-refractivity contribution in [2.75, 3.05) is 9.80 Å². The first-order valence-corrected chi connectivity index (χ1v) is 24.3. The van der Waals surface area contributed by atoms with E-state index in [9.17, 15) is 0 Å². The third-order valence-corrected chi connectivity index (χ3v) is 15.3. The summed E-state index contributed by atoms with van der Waals surface area (Å²) in [7, 11) is 0. The number of benzene rings is 11. The molecule has 2 heteroatoms. The van der Waals surface area contributed by atoms with Gasteiger partial charge in [-0.15, -0.1) is 0 Å². The molecule has 0 saturated carbocycles. The molecule has 0 heterocycles. The molecule has 70 heavy (non-hydrogen) atoms. The Hall–Kier alpha value is -8.98. The maximum Gasteiger partial charge on any atom is 0.0720 e. The van der Waals surface area contributed by atoms with E-state index in [2.05, 4.69) is 289 Å². The molecule has 0 saturated heterocycles. The summed E-state index contributed by atoms with van der Waals surface area (Å²) in [5.41, 5.74) is 23.7. The minimum absolute atomic E-state index is 0.538. The molecule has 11 aromatic rings. The van der Waals surface area contributed by atoms with Crippen LogP contribution >= 0.6 is 0 Å². The Morgan fingerprint density at radius 1 is 0.186 bits per heavy atom. The second-order valence-electron chi connectivity index (χ2n) is 18.7. The van der Waals surface area contributed by atoms with Crippen molar-refractivity contribution in [2.45, 2.75) is 10.8 Å². The van der Waals surface area contributed by atoms with Crippen LogP contribution in [0.3, 0.4) is 0 Å². The predicted octanol–water partition coefficient (Wildman–Crippen LogP) is 17.3. The fraction of sp³-hybridized carbons (Fsp3) is 0.0294. The quantitative estimate of drug-likeness (QED) is 0.157. The molecule has 0 unspecified atom stereocenters. The molecular formula is C68H46N2. The van der Waals surface area contributed by atoms with Crippen LogP contribution in [0.5, 0.6) is 0 Å². The lowest BCUT2D eigenvalue weighted by Crippen LogP contribution is -2.43. The van der Waals surface area contributed by atoms with E-state index in [1.807, 2.05) is 0 Å². The van der Waals surface area contributed by atoms with Gasteiger partial charge in [-0.1, -0.05) is 206 Å². The Morgan fingerprint density at radius 3 is 0.814 bits per heavy atom. The molecule has 2 nitrogen and oxygen atoms in total. The van der Waals surface area contributed by atoms with Crippen LogP contribution in [0, 0.1) is 0 Å². The van der Waals surface area contributed by atoms with Crippen LogP contribution in [0.2, 0.25) is 0 Å². The van der Waals surface area contributed by atoms with Gasteiger partial charge in [0.05, 0.1) is 10.8 Å². The predicted molar refractivity (Wildman–Crippen MR) is 289 cm³/mol. The summed E-state index contributed by atoms with van der Waals surface area (Å²) in [5, 5.41) is 0. The van der Waals surface area contributed by atoms with Crippen LogP contribution in [-0.4, -0.2) is 0 Å². The van der Waals surface area contributed by atoms with Gasteiger partial charge >= 0.3 is 0 Å². The van der Waals surface area contributed by atoms with Gasteiger partial charge in [0.15, 0.2) is 0 Å².